The quantitative estimate of drug-likeness (QED) is 0.827. The van der Waals surface area contributed by atoms with E-state index >= 15 is 0 Å². The lowest BCUT2D eigenvalue weighted by Crippen LogP contribution is -2.20. The smallest absolute Gasteiger partial charge is 0.163 e. The molecule has 1 unspecified atom stereocenters. The van der Waals surface area contributed by atoms with Crippen molar-refractivity contribution in [3.63, 3.8) is 0 Å². The number of alkyl halides is 1. The van der Waals surface area contributed by atoms with E-state index in [1.807, 2.05) is 7.05 Å². The van der Waals surface area contributed by atoms with Crippen LogP contribution in [0.3, 0.4) is 0 Å². The fourth-order valence-corrected chi connectivity index (χ4v) is 1.82. The maximum absolute atomic E-state index is 5.85. The largest absolute Gasteiger partial charge is 0.365 e. The highest BCUT2D eigenvalue weighted by atomic mass is 35.5. The zero-order chi connectivity index (χ0) is 11.5. The van der Waals surface area contributed by atoms with Crippen LogP contribution in [0, 0.1) is 0 Å². The van der Waals surface area contributed by atoms with Crippen molar-refractivity contribution >= 4 is 28.5 Å². The second-order valence-corrected chi connectivity index (χ2v) is 3.94. The van der Waals surface area contributed by atoms with Crippen molar-refractivity contribution in [3.05, 3.63) is 12.5 Å². The highest BCUT2D eigenvalue weighted by Gasteiger charge is 2.10. The molecule has 2 aromatic rings. The van der Waals surface area contributed by atoms with Crippen molar-refractivity contribution in [2.45, 2.75) is 19.4 Å². The molecule has 0 spiro atoms. The number of aromatic nitrogens is 4. The first kappa shape index (κ1) is 11.1. The van der Waals surface area contributed by atoms with Crippen LogP contribution >= 0.6 is 11.6 Å². The number of hydrogen-bond donors (Lipinski definition) is 1. The summed E-state index contributed by atoms with van der Waals surface area (Å²) in [6.07, 6.45) is 4.25. The minimum absolute atomic E-state index is 0.222. The Morgan fingerprint density at radius 2 is 2.31 bits per heavy atom. The third-order valence-corrected chi connectivity index (χ3v) is 2.92. The van der Waals surface area contributed by atoms with E-state index in [2.05, 4.69) is 27.3 Å². The number of fused-ring (bicyclic) bond motifs is 1. The Kier molecular flexibility index (Phi) is 3.24. The number of anilines is 1. The molecule has 2 aromatic heterocycles. The number of nitrogens with zero attached hydrogens (tertiary/aromatic N) is 4. The second kappa shape index (κ2) is 4.65. The predicted octanol–water partition coefficient (Wildman–Crippen LogP) is 1.79. The van der Waals surface area contributed by atoms with Crippen molar-refractivity contribution in [1.29, 1.82) is 0 Å². The van der Waals surface area contributed by atoms with Crippen LogP contribution in [0.5, 0.6) is 0 Å². The molecule has 2 rings (SSSR count). The zero-order valence-corrected chi connectivity index (χ0v) is 10.1. The molecule has 0 fully saturated rings. The predicted molar refractivity (Wildman–Crippen MR) is 64.7 cm³/mol. The first-order valence-electron chi connectivity index (χ1n) is 5.21. The van der Waals surface area contributed by atoms with Gasteiger partial charge in [-0.1, -0.05) is 6.92 Å². The van der Waals surface area contributed by atoms with Crippen molar-refractivity contribution in [2.24, 2.45) is 7.05 Å². The SMILES string of the molecule is CCC(CCl)Nc1ncnc2c1cnn2C. The Balaban J connectivity index is 2.37. The molecule has 0 aliphatic heterocycles. The maximum Gasteiger partial charge on any atom is 0.163 e. The minimum Gasteiger partial charge on any atom is -0.365 e. The van der Waals surface area contributed by atoms with Crippen LogP contribution in [-0.2, 0) is 7.05 Å². The van der Waals surface area contributed by atoms with Crippen LogP contribution in [0.1, 0.15) is 13.3 Å². The molecule has 2 heterocycles. The Bertz CT molecular complexity index is 477. The molecule has 1 atom stereocenters. The molecule has 0 aromatic carbocycles. The Hall–Kier alpha value is -1.36. The second-order valence-electron chi connectivity index (χ2n) is 3.63. The fourth-order valence-electron chi connectivity index (χ4n) is 1.52. The Morgan fingerprint density at radius 1 is 1.50 bits per heavy atom. The molecule has 0 saturated heterocycles. The van der Waals surface area contributed by atoms with E-state index in [-0.39, 0.29) is 6.04 Å². The Labute approximate surface area is 98.8 Å². The van der Waals surface area contributed by atoms with Crippen molar-refractivity contribution < 1.29 is 0 Å². The van der Waals surface area contributed by atoms with E-state index < -0.39 is 0 Å². The molecule has 86 valence electrons. The normalized spacial score (nSPS) is 12.9. The fraction of sp³-hybridized carbons (Fsp3) is 0.500. The molecule has 0 aliphatic carbocycles. The number of halogens is 1. The number of nitrogens with one attached hydrogen (secondary N) is 1. The standard InChI is InChI=1S/C10H14ClN5/c1-3-7(4-11)15-9-8-5-14-16(2)10(8)13-6-12-9/h5-7H,3-4H2,1-2H3,(H,12,13,15). The van der Waals surface area contributed by atoms with Gasteiger partial charge in [-0.15, -0.1) is 11.6 Å². The lowest BCUT2D eigenvalue weighted by molar-refractivity contribution is 0.765. The molecule has 0 aliphatic rings. The molecule has 0 radical (unpaired) electrons. The maximum atomic E-state index is 5.85. The summed E-state index contributed by atoms with van der Waals surface area (Å²) >= 11 is 5.85. The monoisotopic (exact) mass is 239 g/mol. The highest BCUT2D eigenvalue weighted by Crippen LogP contribution is 2.19. The molecule has 0 bridgehead atoms. The molecule has 0 saturated carbocycles. The van der Waals surface area contributed by atoms with Gasteiger partial charge in [-0.05, 0) is 6.42 Å². The topological polar surface area (TPSA) is 55.6 Å². The van der Waals surface area contributed by atoms with Gasteiger partial charge in [0.15, 0.2) is 5.65 Å². The van der Waals surface area contributed by atoms with Gasteiger partial charge in [0.05, 0.1) is 11.6 Å². The van der Waals surface area contributed by atoms with Crippen LogP contribution in [0.2, 0.25) is 0 Å². The highest BCUT2D eigenvalue weighted by molar-refractivity contribution is 6.18. The van der Waals surface area contributed by atoms with Gasteiger partial charge < -0.3 is 5.32 Å². The third kappa shape index (κ3) is 1.95. The van der Waals surface area contributed by atoms with E-state index in [9.17, 15) is 0 Å². The Morgan fingerprint density at radius 3 is 3.00 bits per heavy atom. The summed E-state index contributed by atoms with van der Waals surface area (Å²) in [7, 11) is 1.86. The average molecular weight is 240 g/mol. The van der Waals surface area contributed by atoms with Gasteiger partial charge in [-0.2, -0.15) is 5.10 Å². The van der Waals surface area contributed by atoms with Gasteiger partial charge in [-0.25, -0.2) is 9.97 Å². The van der Waals surface area contributed by atoms with Crippen LogP contribution in [0.25, 0.3) is 11.0 Å². The first-order valence-corrected chi connectivity index (χ1v) is 5.75. The lowest BCUT2D eigenvalue weighted by atomic mass is 10.2. The van der Waals surface area contributed by atoms with Crippen LogP contribution in [0.15, 0.2) is 12.5 Å². The number of aryl methyl sites for hydroxylation is 1. The van der Waals surface area contributed by atoms with Crippen LogP contribution in [-0.4, -0.2) is 31.7 Å². The van der Waals surface area contributed by atoms with Crippen LogP contribution in [0.4, 0.5) is 5.82 Å². The summed E-state index contributed by atoms with van der Waals surface area (Å²) in [5.74, 6) is 1.35. The zero-order valence-electron chi connectivity index (χ0n) is 9.31. The van der Waals surface area contributed by atoms with E-state index in [1.54, 1.807) is 10.9 Å². The summed E-state index contributed by atoms with van der Waals surface area (Å²) in [6, 6.07) is 0.222. The van der Waals surface area contributed by atoms with Gasteiger partial charge in [0.1, 0.15) is 12.1 Å². The van der Waals surface area contributed by atoms with E-state index in [0.717, 1.165) is 23.3 Å². The van der Waals surface area contributed by atoms with Gasteiger partial charge in [0, 0.05) is 19.0 Å². The summed E-state index contributed by atoms with van der Waals surface area (Å²) in [6.45, 7) is 2.08. The van der Waals surface area contributed by atoms with Gasteiger partial charge in [-0.3, -0.25) is 4.68 Å². The first-order chi connectivity index (χ1) is 7.76. The summed E-state index contributed by atoms with van der Waals surface area (Å²) in [4.78, 5) is 8.40. The molecule has 0 amide bonds. The molecule has 16 heavy (non-hydrogen) atoms. The number of hydrogen-bond acceptors (Lipinski definition) is 4. The molecule has 6 heteroatoms. The average Bonchev–Trinajstić information content (AvgIpc) is 2.69. The molecular weight excluding hydrogens is 226 g/mol. The third-order valence-electron chi connectivity index (χ3n) is 2.55. The lowest BCUT2D eigenvalue weighted by Gasteiger charge is -2.14. The van der Waals surface area contributed by atoms with E-state index in [4.69, 9.17) is 11.6 Å². The molecule has 1 N–H and O–H groups in total. The minimum atomic E-state index is 0.222. The van der Waals surface area contributed by atoms with E-state index in [0.29, 0.717) is 5.88 Å². The van der Waals surface area contributed by atoms with Gasteiger partial charge >= 0.3 is 0 Å². The van der Waals surface area contributed by atoms with Crippen LogP contribution < -0.4 is 5.32 Å². The summed E-state index contributed by atoms with van der Waals surface area (Å²) in [5, 5.41) is 8.38. The van der Waals surface area contributed by atoms with Crippen molar-refractivity contribution in [3.8, 4) is 0 Å². The number of rotatable bonds is 4. The van der Waals surface area contributed by atoms with E-state index in [1.165, 1.54) is 6.33 Å². The molecule has 5 nitrogen and oxygen atoms in total. The van der Waals surface area contributed by atoms with Crippen molar-refractivity contribution in [1.82, 2.24) is 19.7 Å². The van der Waals surface area contributed by atoms with Gasteiger partial charge in [0.25, 0.3) is 0 Å². The summed E-state index contributed by atoms with van der Waals surface area (Å²) < 4.78 is 1.73. The van der Waals surface area contributed by atoms with Gasteiger partial charge in [0.2, 0.25) is 0 Å². The molecular formula is C10H14ClN5. The van der Waals surface area contributed by atoms with Crippen molar-refractivity contribution in [2.75, 3.05) is 11.2 Å². The summed E-state index contributed by atoms with van der Waals surface area (Å²) in [5.41, 5.74) is 0.821.